The molecule has 0 aliphatic rings. The molecule has 0 unspecified atom stereocenters. The summed E-state index contributed by atoms with van der Waals surface area (Å²) in [5, 5.41) is 12.8. The molecule has 0 aliphatic heterocycles. The van der Waals surface area contributed by atoms with Crippen molar-refractivity contribution in [3.05, 3.63) is 10.9 Å². The van der Waals surface area contributed by atoms with Crippen molar-refractivity contribution in [2.45, 2.75) is 13.3 Å². The Hall–Kier alpha value is -1.44. The third-order valence-electron chi connectivity index (χ3n) is 2.53. The number of ether oxygens (including phenoxy) is 1. The molecule has 0 radical (unpaired) electrons. The Labute approximate surface area is 115 Å². The van der Waals surface area contributed by atoms with Crippen LogP contribution in [-0.2, 0) is 4.74 Å². The Balaban J connectivity index is 1.96. The summed E-state index contributed by atoms with van der Waals surface area (Å²) < 4.78 is 5.19. The number of hydrogen-bond donors (Lipinski definition) is 3. The summed E-state index contributed by atoms with van der Waals surface area (Å²) in [4.78, 5) is 10.5. The first-order valence-electron chi connectivity index (χ1n) is 6.17. The van der Waals surface area contributed by atoms with Gasteiger partial charge in [0.15, 0.2) is 0 Å². The highest BCUT2D eigenvalue weighted by molar-refractivity contribution is 7.18. The lowest BCUT2D eigenvalue weighted by Crippen LogP contribution is -2.09. The van der Waals surface area contributed by atoms with Crippen LogP contribution in [0.5, 0.6) is 0 Å². The van der Waals surface area contributed by atoms with E-state index in [1.165, 1.54) is 4.88 Å². The highest BCUT2D eigenvalue weighted by Crippen LogP contribution is 2.28. The van der Waals surface area contributed by atoms with Gasteiger partial charge in [0.05, 0.1) is 18.6 Å². The van der Waals surface area contributed by atoms with E-state index >= 15 is 0 Å². The second-order valence-corrected chi connectivity index (χ2v) is 5.36. The van der Waals surface area contributed by atoms with Gasteiger partial charge in [-0.15, -0.1) is 11.3 Å². The van der Waals surface area contributed by atoms with Gasteiger partial charge in [0.1, 0.15) is 10.6 Å². The fourth-order valence-corrected chi connectivity index (χ4v) is 2.63. The van der Waals surface area contributed by atoms with Gasteiger partial charge in [-0.2, -0.15) is 4.98 Å². The molecule has 4 N–H and O–H groups in total. The van der Waals surface area contributed by atoms with E-state index in [1.807, 2.05) is 6.92 Å². The zero-order valence-corrected chi connectivity index (χ0v) is 11.7. The molecule has 0 amide bonds. The minimum Gasteiger partial charge on any atom is -0.394 e. The Kier molecular flexibility index (Phi) is 4.89. The van der Waals surface area contributed by atoms with Gasteiger partial charge in [-0.3, -0.25) is 0 Å². The van der Waals surface area contributed by atoms with Crippen molar-refractivity contribution in [3.8, 4) is 0 Å². The third-order valence-corrected chi connectivity index (χ3v) is 3.47. The summed E-state index contributed by atoms with van der Waals surface area (Å²) in [6.45, 7) is 3.83. The van der Waals surface area contributed by atoms with E-state index in [0.717, 1.165) is 29.0 Å². The molecule has 0 aliphatic carbocycles. The van der Waals surface area contributed by atoms with Crippen LogP contribution < -0.4 is 11.1 Å². The molecule has 19 heavy (non-hydrogen) atoms. The van der Waals surface area contributed by atoms with Crippen molar-refractivity contribution in [1.82, 2.24) is 9.97 Å². The van der Waals surface area contributed by atoms with Crippen molar-refractivity contribution in [3.63, 3.8) is 0 Å². The normalized spacial score (nSPS) is 11.1. The number of aliphatic hydroxyl groups is 1. The molecular formula is C12H18N4O2S. The smallest absolute Gasteiger partial charge is 0.223 e. The van der Waals surface area contributed by atoms with E-state index < -0.39 is 0 Å². The summed E-state index contributed by atoms with van der Waals surface area (Å²) in [6, 6.07) is 2.06. The van der Waals surface area contributed by atoms with Crippen LogP contribution >= 0.6 is 11.3 Å². The highest BCUT2D eigenvalue weighted by atomic mass is 32.1. The van der Waals surface area contributed by atoms with E-state index in [-0.39, 0.29) is 12.6 Å². The number of nitrogen functional groups attached to an aromatic ring is 1. The molecule has 6 nitrogen and oxygen atoms in total. The molecule has 2 aromatic rings. The lowest BCUT2D eigenvalue weighted by atomic mass is 10.3. The molecule has 104 valence electrons. The topological polar surface area (TPSA) is 93.3 Å². The van der Waals surface area contributed by atoms with E-state index in [2.05, 4.69) is 21.4 Å². The summed E-state index contributed by atoms with van der Waals surface area (Å²) in [6.07, 6.45) is 0.842. The Bertz CT molecular complexity index is 544. The summed E-state index contributed by atoms with van der Waals surface area (Å²) in [5.74, 6) is 1.06. The largest absolute Gasteiger partial charge is 0.394 e. The fourth-order valence-electron chi connectivity index (χ4n) is 1.74. The number of hydrogen-bond acceptors (Lipinski definition) is 7. The minimum atomic E-state index is 0.0602. The number of fused-ring (bicyclic) bond motifs is 1. The van der Waals surface area contributed by atoms with Gasteiger partial charge in [0.2, 0.25) is 5.95 Å². The second kappa shape index (κ2) is 6.65. The maximum atomic E-state index is 8.58. The molecule has 0 atom stereocenters. The van der Waals surface area contributed by atoms with E-state index in [4.69, 9.17) is 15.6 Å². The van der Waals surface area contributed by atoms with Gasteiger partial charge in [-0.1, -0.05) is 0 Å². The van der Waals surface area contributed by atoms with Crippen LogP contribution in [-0.4, -0.2) is 41.4 Å². The number of anilines is 2. The third kappa shape index (κ3) is 3.76. The van der Waals surface area contributed by atoms with Crippen LogP contribution in [0.2, 0.25) is 0 Å². The van der Waals surface area contributed by atoms with Gasteiger partial charge in [-0.25, -0.2) is 4.98 Å². The van der Waals surface area contributed by atoms with Crippen molar-refractivity contribution in [1.29, 1.82) is 0 Å². The van der Waals surface area contributed by atoms with Crippen LogP contribution in [0.1, 0.15) is 11.3 Å². The van der Waals surface area contributed by atoms with E-state index in [0.29, 0.717) is 13.2 Å². The molecule has 2 heterocycles. The molecule has 7 heteroatoms. The molecule has 2 rings (SSSR count). The lowest BCUT2D eigenvalue weighted by Gasteiger charge is -2.07. The van der Waals surface area contributed by atoms with E-state index in [9.17, 15) is 0 Å². The molecule has 0 fully saturated rings. The Morgan fingerprint density at radius 1 is 1.42 bits per heavy atom. The molecule has 0 aromatic carbocycles. The van der Waals surface area contributed by atoms with Gasteiger partial charge < -0.3 is 20.9 Å². The molecule has 2 aromatic heterocycles. The van der Waals surface area contributed by atoms with Crippen LogP contribution in [0.4, 0.5) is 11.8 Å². The second-order valence-electron chi connectivity index (χ2n) is 4.12. The average molecular weight is 282 g/mol. The number of aliphatic hydroxyl groups excluding tert-OH is 1. The number of aryl methyl sites for hydroxylation is 1. The van der Waals surface area contributed by atoms with Gasteiger partial charge >= 0.3 is 0 Å². The fraction of sp³-hybridized carbons (Fsp3) is 0.500. The van der Waals surface area contributed by atoms with Crippen molar-refractivity contribution in [2.24, 2.45) is 0 Å². The molecule has 0 saturated heterocycles. The first kappa shape index (κ1) is 14.0. The number of aromatic nitrogens is 2. The summed E-state index contributed by atoms with van der Waals surface area (Å²) in [5.41, 5.74) is 5.70. The predicted molar refractivity (Wildman–Crippen MR) is 77.6 cm³/mol. The maximum Gasteiger partial charge on any atom is 0.223 e. The van der Waals surface area contributed by atoms with E-state index in [1.54, 1.807) is 11.3 Å². The quantitative estimate of drug-likeness (QED) is 0.665. The molecule has 0 saturated carbocycles. The van der Waals surface area contributed by atoms with Crippen LogP contribution in [0.15, 0.2) is 6.07 Å². The molecule has 0 spiro atoms. The Morgan fingerprint density at radius 3 is 3.05 bits per heavy atom. The van der Waals surface area contributed by atoms with Crippen LogP contribution in [0.3, 0.4) is 0 Å². The zero-order chi connectivity index (χ0) is 13.7. The van der Waals surface area contributed by atoms with Gasteiger partial charge in [-0.05, 0) is 19.4 Å². The van der Waals surface area contributed by atoms with Crippen molar-refractivity contribution < 1.29 is 9.84 Å². The summed E-state index contributed by atoms with van der Waals surface area (Å²) in [7, 11) is 0. The van der Waals surface area contributed by atoms with Gasteiger partial charge in [0, 0.05) is 18.0 Å². The molecular weight excluding hydrogens is 264 g/mol. The SMILES string of the molecule is Cc1cc2c(NCCCOCCO)nc(N)nc2s1. The number of nitrogens with zero attached hydrogens (tertiary/aromatic N) is 2. The highest BCUT2D eigenvalue weighted by Gasteiger charge is 2.08. The van der Waals surface area contributed by atoms with Gasteiger partial charge in [0.25, 0.3) is 0 Å². The zero-order valence-electron chi connectivity index (χ0n) is 10.8. The van der Waals surface area contributed by atoms with Crippen molar-refractivity contribution >= 4 is 33.3 Å². The lowest BCUT2D eigenvalue weighted by molar-refractivity contribution is 0.0922. The monoisotopic (exact) mass is 282 g/mol. The first-order valence-corrected chi connectivity index (χ1v) is 6.98. The number of thiophene rings is 1. The standard InChI is InChI=1S/C12H18N4O2S/c1-8-7-9-10(14-3-2-5-18-6-4-17)15-12(13)16-11(9)19-8/h7,17H,2-6H2,1H3,(H3,13,14,15,16). The first-order chi connectivity index (χ1) is 9.20. The number of nitrogens with one attached hydrogen (secondary N) is 1. The number of rotatable bonds is 7. The minimum absolute atomic E-state index is 0.0602. The van der Waals surface area contributed by atoms with Crippen LogP contribution in [0.25, 0.3) is 10.2 Å². The molecule has 0 bridgehead atoms. The summed E-state index contributed by atoms with van der Waals surface area (Å²) >= 11 is 1.61. The van der Waals surface area contributed by atoms with Crippen LogP contribution in [0, 0.1) is 6.92 Å². The van der Waals surface area contributed by atoms with Crippen molar-refractivity contribution in [2.75, 3.05) is 37.4 Å². The Morgan fingerprint density at radius 2 is 2.26 bits per heavy atom. The number of nitrogens with two attached hydrogens (primary N) is 1. The maximum absolute atomic E-state index is 8.58. The predicted octanol–water partition coefficient (Wildman–Crippen LogP) is 1.39. The average Bonchev–Trinajstić information content (AvgIpc) is 2.73.